The van der Waals surface area contributed by atoms with Crippen LogP contribution in [0.1, 0.15) is 23.7 Å². The standard InChI is InChI=1S/C28H29N3O4/c1-19-11-13-22(14-12-19)35-18-21(32)17-31-24-8-4-3-7-23(24)29-28(31)20-15-27(33)30(16-20)25-9-5-6-10-26(25)34-2/h3-14,20-21,32H,15-18H2,1-2H3/t20-,21+/m0/s1. The molecule has 0 spiro atoms. The number of carbonyl (C=O) groups excluding carboxylic acids is 1. The number of nitrogens with zero attached hydrogens (tertiary/aromatic N) is 3. The van der Waals surface area contributed by atoms with Crippen LogP contribution >= 0.6 is 0 Å². The lowest BCUT2D eigenvalue weighted by molar-refractivity contribution is -0.117. The van der Waals surface area contributed by atoms with Gasteiger partial charge >= 0.3 is 0 Å². The molecule has 0 aliphatic carbocycles. The van der Waals surface area contributed by atoms with Gasteiger partial charge < -0.3 is 24.0 Å². The number of aryl methyl sites for hydroxylation is 1. The highest BCUT2D eigenvalue weighted by atomic mass is 16.5. The second kappa shape index (κ2) is 9.80. The van der Waals surface area contributed by atoms with Crippen LogP contribution in [0.15, 0.2) is 72.8 Å². The second-order valence-corrected chi connectivity index (χ2v) is 8.92. The molecule has 1 amide bonds. The zero-order valence-corrected chi connectivity index (χ0v) is 19.9. The first-order valence-corrected chi connectivity index (χ1v) is 11.8. The van der Waals surface area contributed by atoms with Gasteiger partial charge in [0.2, 0.25) is 5.91 Å². The Morgan fingerprint density at radius 3 is 2.60 bits per heavy atom. The summed E-state index contributed by atoms with van der Waals surface area (Å²) in [6.07, 6.45) is -0.396. The molecule has 3 aromatic carbocycles. The number of aliphatic hydroxyl groups excluding tert-OH is 1. The maximum Gasteiger partial charge on any atom is 0.227 e. The molecule has 0 unspecified atom stereocenters. The molecule has 1 fully saturated rings. The van der Waals surface area contributed by atoms with E-state index in [2.05, 4.69) is 0 Å². The minimum atomic E-state index is -0.741. The summed E-state index contributed by atoms with van der Waals surface area (Å²) < 4.78 is 13.3. The van der Waals surface area contributed by atoms with Crippen molar-refractivity contribution in [3.63, 3.8) is 0 Å². The molecule has 1 aromatic heterocycles. The number of aliphatic hydroxyl groups is 1. The van der Waals surface area contributed by atoms with Crippen LogP contribution in [0.4, 0.5) is 5.69 Å². The Kier molecular flexibility index (Phi) is 6.42. The van der Waals surface area contributed by atoms with E-state index in [4.69, 9.17) is 14.5 Å². The fraction of sp³-hybridized carbons (Fsp3) is 0.286. The van der Waals surface area contributed by atoms with Crippen molar-refractivity contribution in [3.05, 3.63) is 84.2 Å². The monoisotopic (exact) mass is 471 g/mol. The number of aromatic nitrogens is 2. The Morgan fingerprint density at radius 1 is 1.06 bits per heavy atom. The zero-order chi connectivity index (χ0) is 24.4. The van der Waals surface area contributed by atoms with E-state index in [-0.39, 0.29) is 18.4 Å². The van der Waals surface area contributed by atoms with Crippen molar-refractivity contribution < 1.29 is 19.4 Å². The van der Waals surface area contributed by atoms with Crippen LogP contribution in [0.5, 0.6) is 11.5 Å². The molecule has 0 bridgehead atoms. The maximum atomic E-state index is 13.0. The van der Waals surface area contributed by atoms with Gasteiger partial charge in [0.25, 0.3) is 0 Å². The van der Waals surface area contributed by atoms with E-state index >= 15 is 0 Å². The summed E-state index contributed by atoms with van der Waals surface area (Å²) in [5, 5.41) is 10.8. The first-order valence-electron chi connectivity index (χ1n) is 11.8. The van der Waals surface area contributed by atoms with Crippen LogP contribution < -0.4 is 14.4 Å². The lowest BCUT2D eigenvalue weighted by atomic mass is 10.1. The summed E-state index contributed by atoms with van der Waals surface area (Å²) in [5.41, 5.74) is 3.69. The summed E-state index contributed by atoms with van der Waals surface area (Å²) in [6.45, 7) is 3.00. The third-order valence-corrected chi connectivity index (χ3v) is 6.41. The number of rotatable bonds is 8. The Labute approximate surface area is 204 Å². The smallest absolute Gasteiger partial charge is 0.227 e. The van der Waals surface area contributed by atoms with E-state index in [1.54, 1.807) is 12.0 Å². The number of carbonyl (C=O) groups is 1. The van der Waals surface area contributed by atoms with Gasteiger partial charge in [-0.1, -0.05) is 42.0 Å². The third-order valence-electron chi connectivity index (χ3n) is 6.41. The summed E-state index contributed by atoms with van der Waals surface area (Å²) in [7, 11) is 1.61. The lowest BCUT2D eigenvalue weighted by Gasteiger charge is -2.20. The van der Waals surface area contributed by atoms with E-state index in [1.807, 2.05) is 84.3 Å². The number of hydrogen-bond donors (Lipinski definition) is 1. The molecule has 7 nitrogen and oxygen atoms in total. The van der Waals surface area contributed by atoms with Crippen molar-refractivity contribution in [2.75, 3.05) is 25.2 Å². The zero-order valence-electron chi connectivity index (χ0n) is 19.9. The Balaban J connectivity index is 1.39. The van der Waals surface area contributed by atoms with Crippen molar-refractivity contribution in [3.8, 4) is 11.5 Å². The molecule has 2 heterocycles. The molecule has 7 heteroatoms. The Morgan fingerprint density at radius 2 is 1.80 bits per heavy atom. The molecular weight excluding hydrogens is 442 g/mol. The number of para-hydroxylation sites is 4. The average Bonchev–Trinajstić information content (AvgIpc) is 3.44. The van der Waals surface area contributed by atoms with Crippen LogP contribution in [-0.4, -0.2) is 46.9 Å². The summed E-state index contributed by atoms with van der Waals surface area (Å²) in [5.74, 6) is 2.11. The molecule has 0 saturated carbocycles. The van der Waals surface area contributed by atoms with Crippen LogP contribution in [0.25, 0.3) is 11.0 Å². The predicted molar refractivity (Wildman–Crippen MR) is 135 cm³/mol. The average molecular weight is 472 g/mol. The Hall–Kier alpha value is -3.84. The summed E-state index contributed by atoms with van der Waals surface area (Å²) in [4.78, 5) is 19.7. The van der Waals surface area contributed by atoms with Gasteiger partial charge in [-0.3, -0.25) is 4.79 Å². The van der Waals surface area contributed by atoms with Crippen molar-refractivity contribution in [1.29, 1.82) is 0 Å². The minimum absolute atomic E-state index is 0.0290. The molecule has 35 heavy (non-hydrogen) atoms. The van der Waals surface area contributed by atoms with Crippen molar-refractivity contribution in [2.24, 2.45) is 0 Å². The van der Waals surface area contributed by atoms with E-state index in [9.17, 15) is 9.90 Å². The number of amides is 1. The van der Waals surface area contributed by atoms with Crippen LogP contribution in [0.2, 0.25) is 0 Å². The highest BCUT2D eigenvalue weighted by molar-refractivity contribution is 5.97. The topological polar surface area (TPSA) is 76.8 Å². The van der Waals surface area contributed by atoms with Crippen LogP contribution in [-0.2, 0) is 11.3 Å². The van der Waals surface area contributed by atoms with E-state index in [1.165, 1.54) is 0 Å². The third kappa shape index (κ3) is 4.72. The van der Waals surface area contributed by atoms with Gasteiger partial charge in [0.1, 0.15) is 30.0 Å². The largest absolute Gasteiger partial charge is 0.495 e. The first-order chi connectivity index (χ1) is 17.0. The molecule has 5 rings (SSSR count). The number of methoxy groups -OCH3 is 1. The fourth-order valence-corrected chi connectivity index (χ4v) is 4.65. The minimum Gasteiger partial charge on any atom is -0.495 e. The van der Waals surface area contributed by atoms with Crippen molar-refractivity contribution >= 4 is 22.6 Å². The van der Waals surface area contributed by atoms with Crippen LogP contribution in [0, 0.1) is 6.92 Å². The molecule has 4 aromatic rings. The second-order valence-electron chi connectivity index (χ2n) is 8.92. The summed E-state index contributed by atoms with van der Waals surface area (Å²) in [6, 6.07) is 23.2. The molecule has 2 atom stereocenters. The van der Waals surface area contributed by atoms with Gasteiger partial charge in [0.05, 0.1) is 30.4 Å². The number of anilines is 1. The normalized spacial score (nSPS) is 16.6. The molecular formula is C28H29N3O4. The van der Waals surface area contributed by atoms with Crippen molar-refractivity contribution in [2.45, 2.75) is 31.9 Å². The summed E-state index contributed by atoms with van der Waals surface area (Å²) >= 11 is 0. The highest BCUT2D eigenvalue weighted by Gasteiger charge is 2.36. The Bertz CT molecular complexity index is 1330. The van der Waals surface area contributed by atoms with Gasteiger partial charge in [-0.2, -0.15) is 0 Å². The van der Waals surface area contributed by atoms with E-state index in [0.717, 1.165) is 33.9 Å². The molecule has 1 saturated heterocycles. The molecule has 0 radical (unpaired) electrons. The van der Waals surface area contributed by atoms with E-state index < -0.39 is 6.10 Å². The maximum absolute atomic E-state index is 13.0. The molecule has 1 N–H and O–H groups in total. The SMILES string of the molecule is COc1ccccc1N1C[C@@H](c2nc3ccccc3n2C[C@@H](O)COc2ccc(C)cc2)CC1=O. The number of imidazole rings is 1. The highest BCUT2D eigenvalue weighted by Crippen LogP contribution is 2.37. The number of hydrogen-bond acceptors (Lipinski definition) is 5. The lowest BCUT2D eigenvalue weighted by Crippen LogP contribution is -2.26. The van der Waals surface area contributed by atoms with Gasteiger partial charge in [-0.25, -0.2) is 4.98 Å². The fourth-order valence-electron chi connectivity index (χ4n) is 4.65. The van der Waals surface area contributed by atoms with Crippen LogP contribution in [0.3, 0.4) is 0 Å². The van der Waals surface area contributed by atoms with Crippen molar-refractivity contribution in [1.82, 2.24) is 9.55 Å². The van der Waals surface area contributed by atoms with Gasteiger partial charge in [-0.05, 0) is 43.3 Å². The molecule has 1 aliphatic heterocycles. The number of fused-ring (bicyclic) bond motifs is 1. The number of ether oxygens (including phenoxy) is 2. The first kappa shape index (κ1) is 22.9. The predicted octanol–water partition coefficient (Wildman–Crippen LogP) is 4.31. The van der Waals surface area contributed by atoms with E-state index in [0.29, 0.717) is 25.3 Å². The molecule has 1 aliphatic rings. The quantitative estimate of drug-likeness (QED) is 0.414. The van der Waals surface area contributed by atoms with Gasteiger partial charge in [0, 0.05) is 18.9 Å². The number of benzene rings is 3. The van der Waals surface area contributed by atoms with Gasteiger partial charge in [0.15, 0.2) is 0 Å². The molecule has 180 valence electrons. The van der Waals surface area contributed by atoms with Gasteiger partial charge in [-0.15, -0.1) is 0 Å².